The quantitative estimate of drug-likeness (QED) is 0.802. The number of aryl methyl sites for hydroxylation is 1. The van der Waals surface area contributed by atoms with E-state index in [-0.39, 0.29) is 6.04 Å². The van der Waals surface area contributed by atoms with Crippen molar-refractivity contribution in [3.8, 4) is 5.75 Å². The molecule has 0 spiro atoms. The van der Waals surface area contributed by atoms with Crippen LogP contribution >= 0.6 is 0 Å². The Morgan fingerprint density at radius 3 is 3.14 bits per heavy atom. The minimum Gasteiger partial charge on any atom is -0.487 e. The number of benzene rings is 1. The molecule has 21 heavy (non-hydrogen) atoms. The molecule has 106 valence electrons. The highest BCUT2D eigenvalue weighted by Crippen LogP contribution is 2.32. The van der Waals surface area contributed by atoms with Gasteiger partial charge in [-0.25, -0.2) is 4.98 Å². The molecule has 2 heterocycles. The minimum atomic E-state index is 0.187. The minimum absolute atomic E-state index is 0.187. The Morgan fingerprint density at radius 2 is 2.24 bits per heavy atom. The maximum absolute atomic E-state index is 6.05. The van der Waals surface area contributed by atoms with Crippen molar-refractivity contribution < 1.29 is 4.74 Å². The van der Waals surface area contributed by atoms with Crippen molar-refractivity contribution in [2.45, 2.75) is 25.5 Å². The molecule has 4 heteroatoms. The lowest BCUT2D eigenvalue weighted by Gasteiger charge is -2.08. The predicted octanol–water partition coefficient (Wildman–Crippen LogP) is 2.86. The Balaban J connectivity index is 1.51. The summed E-state index contributed by atoms with van der Waals surface area (Å²) in [6.45, 7) is 0.479. The van der Waals surface area contributed by atoms with Crippen LogP contribution in [0.3, 0.4) is 0 Å². The Hall–Kier alpha value is -2.33. The Labute approximate surface area is 123 Å². The zero-order valence-electron chi connectivity index (χ0n) is 11.7. The number of hydrogen-bond acceptors (Lipinski definition) is 3. The van der Waals surface area contributed by atoms with Crippen LogP contribution in [0, 0.1) is 0 Å². The third-order valence-corrected chi connectivity index (χ3v) is 4.04. The average molecular weight is 279 g/mol. The van der Waals surface area contributed by atoms with Crippen molar-refractivity contribution in [3.63, 3.8) is 0 Å². The lowest BCUT2D eigenvalue weighted by Crippen LogP contribution is -2.05. The molecule has 0 radical (unpaired) electrons. The van der Waals surface area contributed by atoms with Crippen LogP contribution in [-0.2, 0) is 13.0 Å². The highest BCUT2D eigenvalue weighted by molar-refractivity contribution is 5.41. The molecule has 0 fully saturated rings. The maximum atomic E-state index is 6.05. The van der Waals surface area contributed by atoms with E-state index < -0.39 is 0 Å². The molecule has 1 atom stereocenters. The summed E-state index contributed by atoms with van der Waals surface area (Å²) in [5.41, 5.74) is 10.5. The molecule has 1 aromatic carbocycles. The number of hydrogen-bond donors (Lipinski definition) is 1. The van der Waals surface area contributed by atoms with Gasteiger partial charge in [-0.05, 0) is 48.2 Å². The fourth-order valence-electron chi connectivity index (χ4n) is 2.93. The van der Waals surface area contributed by atoms with E-state index in [1.54, 1.807) is 0 Å². The van der Waals surface area contributed by atoms with Gasteiger partial charge in [-0.2, -0.15) is 0 Å². The molecule has 0 aliphatic heterocycles. The number of imidazole rings is 1. The summed E-state index contributed by atoms with van der Waals surface area (Å²) >= 11 is 0. The van der Waals surface area contributed by atoms with Gasteiger partial charge in [-0.1, -0.05) is 12.1 Å². The van der Waals surface area contributed by atoms with Crippen molar-refractivity contribution in [2.24, 2.45) is 5.73 Å². The summed E-state index contributed by atoms with van der Waals surface area (Å²) in [5.74, 6) is 0.889. The van der Waals surface area contributed by atoms with E-state index in [9.17, 15) is 0 Å². The second kappa shape index (κ2) is 4.90. The van der Waals surface area contributed by atoms with E-state index in [1.807, 2.05) is 41.1 Å². The van der Waals surface area contributed by atoms with Gasteiger partial charge in [0, 0.05) is 18.4 Å². The lowest BCUT2D eigenvalue weighted by molar-refractivity contribution is 0.302. The number of fused-ring (bicyclic) bond motifs is 2. The van der Waals surface area contributed by atoms with Crippen LogP contribution in [-0.4, -0.2) is 9.38 Å². The van der Waals surface area contributed by atoms with E-state index >= 15 is 0 Å². The highest BCUT2D eigenvalue weighted by Gasteiger charge is 2.19. The SMILES string of the molecule is N[C@H]1CCc2cc(OCc3cn4ccccc4n3)ccc21. The van der Waals surface area contributed by atoms with Crippen molar-refractivity contribution >= 4 is 5.65 Å². The zero-order valence-corrected chi connectivity index (χ0v) is 11.7. The molecule has 0 amide bonds. The van der Waals surface area contributed by atoms with Gasteiger partial charge in [0.2, 0.25) is 0 Å². The largest absolute Gasteiger partial charge is 0.487 e. The fourth-order valence-corrected chi connectivity index (χ4v) is 2.93. The third kappa shape index (κ3) is 2.28. The molecule has 0 saturated carbocycles. The number of aromatic nitrogens is 2. The Morgan fingerprint density at radius 1 is 1.29 bits per heavy atom. The van der Waals surface area contributed by atoms with Gasteiger partial charge in [0.25, 0.3) is 0 Å². The van der Waals surface area contributed by atoms with Crippen LogP contribution in [0.25, 0.3) is 5.65 Å². The van der Waals surface area contributed by atoms with E-state index in [0.717, 1.165) is 29.9 Å². The normalized spacial score (nSPS) is 17.1. The Bertz CT molecular complexity index is 761. The van der Waals surface area contributed by atoms with Gasteiger partial charge in [0.05, 0.1) is 5.69 Å². The van der Waals surface area contributed by atoms with Gasteiger partial charge in [0.15, 0.2) is 0 Å². The first-order chi connectivity index (χ1) is 10.3. The van der Waals surface area contributed by atoms with E-state index in [4.69, 9.17) is 10.5 Å². The highest BCUT2D eigenvalue weighted by atomic mass is 16.5. The molecular weight excluding hydrogens is 262 g/mol. The molecule has 2 aromatic heterocycles. The van der Waals surface area contributed by atoms with Crippen LogP contribution in [0.2, 0.25) is 0 Å². The van der Waals surface area contributed by atoms with Gasteiger partial charge in [-0.15, -0.1) is 0 Å². The first-order valence-electron chi connectivity index (χ1n) is 7.23. The summed E-state index contributed by atoms with van der Waals surface area (Å²) in [6, 6.07) is 12.3. The van der Waals surface area contributed by atoms with Gasteiger partial charge < -0.3 is 14.9 Å². The second-order valence-corrected chi connectivity index (χ2v) is 5.49. The summed E-state index contributed by atoms with van der Waals surface area (Å²) in [6.07, 6.45) is 6.06. The van der Waals surface area contributed by atoms with Crippen molar-refractivity contribution in [1.82, 2.24) is 9.38 Å². The van der Waals surface area contributed by atoms with Crippen LogP contribution in [0.5, 0.6) is 5.75 Å². The molecule has 0 saturated heterocycles. The van der Waals surface area contributed by atoms with Crippen LogP contribution in [0.15, 0.2) is 48.8 Å². The van der Waals surface area contributed by atoms with E-state index in [0.29, 0.717) is 6.61 Å². The maximum Gasteiger partial charge on any atom is 0.137 e. The number of rotatable bonds is 3. The van der Waals surface area contributed by atoms with Gasteiger partial charge in [0.1, 0.15) is 18.0 Å². The standard InChI is InChI=1S/C17H17N3O/c18-16-7-4-12-9-14(5-6-15(12)16)21-11-13-10-20-8-2-1-3-17(20)19-13/h1-3,5-6,8-10,16H,4,7,11,18H2/t16-/m0/s1. The number of nitrogens with two attached hydrogens (primary N) is 1. The fraction of sp³-hybridized carbons (Fsp3) is 0.235. The van der Waals surface area contributed by atoms with Crippen LogP contribution in [0.4, 0.5) is 0 Å². The van der Waals surface area contributed by atoms with Crippen molar-refractivity contribution in [1.29, 1.82) is 0 Å². The predicted molar refractivity (Wildman–Crippen MR) is 81.2 cm³/mol. The lowest BCUT2D eigenvalue weighted by atomic mass is 10.1. The van der Waals surface area contributed by atoms with Gasteiger partial charge >= 0.3 is 0 Å². The zero-order chi connectivity index (χ0) is 14.2. The number of nitrogens with zero attached hydrogens (tertiary/aromatic N) is 2. The van der Waals surface area contributed by atoms with Crippen molar-refractivity contribution in [3.05, 3.63) is 65.6 Å². The number of pyridine rings is 1. The topological polar surface area (TPSA) is 52.5 Å². The van der Waals surface area contributed by atoms with Gasteiger partial charge in [-0.3, -0.25) is 0 Å². The second-order valence-electron chi connectivity index (χ2n) is 5.49. The molecule has 1 aliphatic carbocycles. The smallest absolute Gasteiger partial charge is 0.137 e. The molecule has 2 N–H and O–H groups in total. The van der Waals surface area contributed by atoms with Crippen molar-refractivity contribution in [2.75, 3.05) is 0 Å². The first-order valence-corrected chi connectivity index (χ1v) is 7.23. The summed E-state index contributed by atoms with van der Waals surface area (Å²) in [5, 5.41) is 0. The third-order valence-electron chi connectivity index (χ3n) is 4.04. The summed E-state index contributed by atoms with van der Waals surface area (Å²) in [4.78, 5) is 4.53. The Kier molecular flexibility index (Phi) is 2.89. The molecule has 4 rings (SSSR count). The molecule has 4 nitrogen and oxygen atoms in total. The first kappa shape index (κ1) is 12.4. The average Bonchev–Trinajstić information content (AvgIpc) is 3.08. The molecule has 0 unspecified atom stereocenters. The summed E-state index contributed by atoms with van der Waals surface area (Å²) in [7, 11) is 0. The molecule has 3 aromatic rings. The van der Waals surface area contributed by atoms with E-state index in [2.05, 4.69) is 17.1 Å². The number of ether oxygens (including phenoxy) is 1. The van der Waals surface area contributed by atoms with Crippen LogP contribution in [0.1, 0.15) is 29.3 Å². The monoisotopic (exact) mass is 279 g/mol. The van der Waals surface area contributed by atoms with E-state index in [1.165, 1.54) is 11.1 Å². The summed E-state index contributed by atoms with van der Waals surface area (Å²) < 4.78 is 7.87. The molecule has 0 bridgehead atoms. The van der Waals surface area contributed by atoms with Crippen LogP contribution < -0.4 is 10.5 Å². The molecular formula is C17H17N3O. The molecule has 1 aliphatic rings.